The van der Waals surface area contributed by atoms with Gasteiger partial charge in [0, 0.05) is 28.7 Å². The number of fused-ring (bicyclic) bond motifs is 1. The summed E-state index contributed by atoms with van der Waals surface area (Å²) in [6.45, 7) is 5.78. The number of para-hydroxylation sites is 1. The molecule has 1 atom stereocenters. The lowest BCUT2D eigenvalue weighted by Gasteiger charge is -2.24. The third-order valence-electron chi connectivity index (χ3n) is 5.58. The van der Waals surface area contributed by atoms with Crippen LogP contribution in [0.5, 0.6) is 0 Å². The summed E-state index contributed by atoms with van der Waals surface area (Å²) in [5.74, 6) is 0.0594. The lowest BCUT2D eigenvalue weighted by molar-refractivity contribution is -0.119. The number of benzene rings is 2. The molecule has 0 radical (unpaired) electrons. The van der Waals surface area contributed by atoms with Gasteiger partial charge >= 0.3 is 0 Å². The maximum Gasteiger partial charge on any atom is 0.247 e. The van der Waals surface area contributed by atoms with Gasteiger partial charge in [0.25, 0.3) is 0 Å². The van der Waals surface area contributed by atoms with Crippen LogP contribution in [0.4, 0.5) is 5.69 Å². The van der Waals surface area contributed by atoms with Crippen molar-refractivity contribution >= 4 is 17.4 Å². The van der Waals surface area contributed by atoms with E-state index in [2.05, 4.69) is 13.0 Å². The number of hydrogen-bond acceptors (Lipinski definition) is 2. The minimum atomic E-state index is 0.0146. The lowest BCUT2D eigenvalue weighted by atomic mass is 10.1. The number of amides is 1. The van der Waals surface area contributed by atoms with Crippen molar-refractivity contribution < 1.29 is 9.59 Å². The smallest absolute Gasteiger partial charge is 0.247 e. The zero-order valence-electron chi connectivity index (χ0n) is 16.5. The SMILES string of the molecule is CC(=O)c1cc(-c2ccccc2)n(CC(=O)N2c3ccccc3CC2C)c1C. The molecule has 0 saturated heterocycles. The van der Waals surface area contributed by atoms with Crippen LogP contribution in [-0.2, 0) is 17.8 Å². The second kappa shape index (κ2) is 7.12. The van der Waals surface area contributed by atoms with E-state index in [4.69, 9.17) is 0 Å². The van der Waals surface area contributed by atoms with Crippen LogP contribution in [-0.4, -0.2) is 22.3 Å². The Morgan fingerprint density at radius 1 is 1.04 bits per heavy atom. The molecule has 3 aromatic rings. The van der Waals surface area contributed by atoms with Gasteiger partial charge in [-0.2, -0.15) is 0 Å². The van der Waals surface area contributed by atoms with Gasteiger partial charge in [-0.25, -0.2) is 0 Å². The molecule has 28 heavy (non-hydrogen) atoms. The number of Topliss-reactive ketones (excluding diaryl/α,β-unsaturated/α-hetero) is 1. The van der Waals surface area contributed by atoms with E-state index in [9.17, 15) is 9.59 Å². The Balaban J connectivity index is 1.74. The van der Waals surface area contributed by atoms with Gasteiger partial charge in [0.2, 0.25) is 5.91 Å². The summed E-state index contributed by atoms with van der Waals surface area (Å²) in [5, 5.41) is 0. The van der Waals surface area contributed by atoms with Gasteiger partial charge in [0.15, 0.2) is 5.78 Å². The number of rotatable bonds is 4. The summed E-state index contributed by atoms with van der Waals surface area (Å²) in [5.41, 5.74) is 5.61. The minimum Gasteiger partial charge on any atom is -0.335 e. The number of ketones is 1. The van der Waals surface area contributed by atoms with E-state index in [1.54, 1.807) is 6.92 Å². The molecule has 1 aliphatic heterocycles. The normalized spacial score (nSPS) is 15.5. The van der Waals surface area contributed by atoms with Crippen LogP contribution in [0.25, 0.3) is 11.3 Å². The summed E-state index contributed by atoms with van der Waals surface area (Å²) in [6.07, 6.45) is 0.872. The summed E-state index contributed by atoms with van der Waals surface area (Å²) < 4.78 is 1.97. The molecule has 2 heterocycles. The predicted octanol–water partition coefficient (Wildman–Crippen LogP) is 4.64. The Hall–Kier alpha value is -3.14. The molecule has 4 nitrogen and oxygen atoms in total. The topological polar surface area (TPSA) is 42.3 Å². The summed E-state index contributed by atoms with van der Waals surface area (Å²) >= 11 is 0. The Morgan fingerprint density at radius 2 is 1.71 bits per heavy atom. The van der Waals surface area contributed by atoms with Crippen molar-refractivity contribution in [2.75, 3.05) is 4.90 Å². The summed E-state index contributed by atoms with van der Waals surface area (Å²) in [7, 11) is 0. The standard InChI is InChI=1S/C24H24N2O2/c1-16-13-20-11-7-8-12-22(20)26(16)24(28)15-25-17(2)21(18(3)27)14-23(25)19-9-5-4-6-10-19/h4-12,14,16H,13,15H2,1-3H3. The van der Waals surface area contributed by atoms with Gasteiger partial charge in [0.1, 0.15) is 6.54 Å². The number of carbonyl (C=O) groups is 2. The van der Waals surface area contributed by atoms with E-state index in [-0.39, 0.29) is 24.3 Å². The van der Waals surface area contributed by atoms with Gasteiger partial charge < -0.3 is 9.47 Å². The highest BCUT2D eigenvalue weighted by Gasteiger charge is 2.31. The average molecular weight is 372 g/mol. The molecule has 0 aliphatic carbocycles. The maximum absolute atomic E-state index is 13.3. The highest BCUT2D eigenvalue weighted by atomic mass is 16.2. The number of hydrogen-bond donors (Lipinski definition) is 0. The molecule has 4 rings (SSSR count). The first-order valence-corrected chi connectivity index (χ1v) is 9.64. The van der Waals surface area contributed by atoms with E-state index in [1.165, 1.54) is 5.56 Å². The first-order valence-electron chi connectivity index (χ1n) is 9.64. The monoisotopic (exact) mass is 372 g/mol. The largest absolute Gasteiger partial charge is 0.335 e. The molecule has 0 fully saturated rings. The van der Waals surface area contributed by atoms with E-state index in [1.807, 2.05) is 71.0 Å². The van der Waals surface area contributed by atoms with Crippen LogP contribution in [0.2, 0.25) is 0 Å². The fraction of sp³-hybridized carbons (Fsp3) is 0.250. The minimum absolute atomic E-state index is 0.0146. The van der Waals surface area contributed by atoms with Crippen molar-refractivity contribution in [1.82, 2.24) is 4.57 Å². The molecule has 0 spiro atoms. The molecular weight excluding hydrogens is 348 g/mol. The first kappa shape index (κ1) is 18.2. The molecule has 0 N–H and O–H groups in total. The maximum atomic E-state index is 13.3. The van der Waals surface area contributed by atoms with Crippen LogP contribution >= 0.6 is 0 Å². The highest BCUT2D eigenvalue weighted by Crippen LogP contribution is 2.33. The summed E-state index contributed by atoms with van der Waals surface area (Å²) in [6, 6.07) is 20.0. The number of nitrogens with zero attached hydrogens (tertiary/aromatic N) is 2. The van der Waals surface area contributed by atoms with E-state index in [0.717, 1.165) is 29.1 Å². The Morgan fingerprint density at radius 3 is 2.43 bits per heavy atom. The van der Waals surface area contributed by atoms with Crippen molar-refractivity contribution in [2.24, 2.45) is 0 Å². The van der Waals surface area contributed by atoms with Crippen LogP contribution in [0.1, 0.15) is 35.5 Å². The van der Waals surface area contributed by atoms with Gasteiger partial charge in [0.05, 0.1) is 0 Å². The van der Waals surface area contributed by atoms with E-state index >= 15 is 0 Å². The summed E-state index contributed by atoms with van der Waals surface area (Å²) in [4.78, 5) is 27.3. The molecule has 1 amide bonds. The van der Waals surface area contributed by atoms with Crippen molar-refractivity contribution in [1.29, 1.82) is 0 Å². The number of carbonyl (C=O) groups excluding carboxylic acids is 2. The molecule has 0 saturated carbocycles. The number of anilines is 1. The van der Waals surface area contributed by atoms with Gasteiger partial charge in [-0.15, -0.1) is 0 Å². The molecule has 1 aliphatic rings. The molecule has 1 unspecified atom stereocenters. The third kappa shape index (κ3) is 3.05. The molecule has 0 bridgehead atoms. The Labute approximate surface area is 165 Å². The fourth-order valence-corrected chi connectivity index (χ4v) is 4.21. The predicted molar refractivity (Wildman–Crippen MR) is 112 cm³/mol. The quantitative estimate of drug-likeness (QED) is 0.626. The molecule has 142 valence electrons. The second-order valence-electron chi connectivity index (χ2n) is 7.48. The Kier molecular flexibility index (Phi) is 4.63. The van der Waals surface area contributed by atoms with Crippen molar-refractivity contribution in [3.63, 3.8) is 0 Å². The van der Waals surface area contributed by atoms with E-state index in [0.29, 0.717) is 5.56 Å². The number of aromatic nitrogens is 1. The zero-order valence-corrected chi connectivity index (χ0v) is 16.5. The zero-order chi connectivity index (χ0) is 19.8. The van der Waals surface area contributed by atoms with Gasteiger partial charge in [-0.05, 0) is 50.5 Å². The second-order valence-corrected chi connectivity index (χ2v) is 7.48. The van der Waals surface area contributed by atoms with Crippen molar-refractivity contribution in [2.45, 2.75) is 39.8 Å². The van der Waals surface area contributed by atoms with Crippen molar-refractivity contribution in [3.8, 4) is 11.3 Å². The van der Waals surface area contributed by atoms with Crippen molar-refractivity contribution in [3.05, 3.63) is 77.5 Å². The van der Waals surface area contributed by atoms with Crippen LogP contribution in [0.3, 0.4) is 0 Å². The first-order chi connectivity index (χ1) is 13.5. The highest BCUT2D eigenvalue weighted by molar-refractivity contribution is 5.99. The average Bonchev–Trinajstić information content (AvgIpc) is 3.19. The van der Waals surface area contributed by atoms with Gasteiger partial charge in [-0.1, -0.05) is 48.5 Å². The third-order valence-corrected chi connectivity index (χ3v) is 5.58. The molecule has 4 heteroatoms. The lowest BCUT2D eigenvalue weighted by Crippen LogP contribution is -2.38. The molecule has 1 aromatic heterocycles. The van der Waals surface area contributed by atoms with Crippen LogP contribution < -0.4 is 4.90 Å². The van der Waals surface area contributed by atoms with E-state index < -0.39 is 0 Å². The fourth-order valence-electron chi connectivity index (χ4n) is 4.21. The van der Waals surface area contributed by atoms with Crippen LogP contribution in [0, 0.1) is 6.92 Å². The van der Waals surface area contributed by atoms with Gasteiger partial charge in [-0.3, -0.25) is 9.59 Å². The molecule has 2 aromatic carbocycles. The van der Waals surface area contributed by atoms with Crippen LogP contribution in [0.15, 0.2) is 60.7 Å². The Bertz CT molecular complexity index is 1050. The molecular formula is C24H24N2O2.